The summed E-state index contributed by atoms with van der Waals surface area (Å²) in [5.41, 5.74) is 2.67. The first-order chi connectivity index (χ1) is 9.56. The molecule has 4 nitrogen and oxygen atoms in total. The van der Waals surface area contributed by atoms with Crippen molar-refractivity contribution < 1.29 is 4.92 Å². The molecular formula is C15H15ClN2O2. The number of hydrogen-bond acceptors (Lipinski definition) is 3. The second kappa shape index (κ2) is 6.39. The van der Waals surface area contributed by atoms with E-state index in [0.29, 0.717) is 17.3 Å². The van der Waals surface area contributed by atoms with E-state index in [1.54, 1.807) is 12.1 Å². The minimum absolute atomic E-state index is 0.112. The quantitative estimate of drug-likeness (QED) is 0.663. The van der Waals surface area contributed by atoms with E-state index >= 15 is 0 Å². The average Bonchev–Trinajstić information content (AvgIpc) is 2.42. The second-order valence-corrected chi connectivity index (χ2v) is 5.02. The van der Waals surface area contributed by atoms with Crippen molar-refractivity contribution in [1.29, 1.82) is 0 Å². The van der Waals surface area contributed by atoms with Gasteiger partial charge in [0.1, 0.15) is 5.69 Å². The van der Waals surface area contributed by atoms with Crippen molar-refractivity contribution >= 4 is 23.0 Å². The van der Waals surface area contributed by atoms with Crippen LogP contribution in [0.15, 0.2) is 42.5 Å². The number of rotatable bonds is 5. The van der Waals surface area contributed by atoms with Crippen LogP contribution < -0.4 is 5.32 Å². The number of hydrogen-bond donors (Lipinski definition) is 1. The minimum Gasteiger partial charge on any atom is -0.379 e. The summed E-state index contributed by atoms with van der Waals surface area (Å²) in [4.78, 5) is 10.6. The van der Waals surface area contributed by atoms with Gasteiger partial charge in [0.2, 0.25) is 0 Å². The molecule has 0 aliphatic carbocycles. The molecule has 0 aliphatic heterocycles. The number of aryl methyl sites for hydroxylation is 1. The Morgan fingerprint density at radius 2 is 1.90 bits per heavy atom. The maximum atomic E-state index is 11.0. The minimum atomic E-state index is -0.363. The number of nitro groups is 1. The highest BCUT2D eigenvalue weighted by atomic mass is 35.5. The van der Waals surface area contributed by atoms with E-state index in [1.165, 1.54) is 0 Å². The van der Waals surface area contributed by atoms with Crippen LogP contribution in [0.4, 0.5) is 11.4 Å². The molecule has 0 saturated heterocycles. The lowest BCUT2D eigenvalue weighted by Crippen LogP contribution is -2.07. The normalized spacial score (nSPS) is 10.3. The van der Waals surface area contributed by atoms with Gasteiger partial charge < -0.3 is 5.32 Å². The Balaban J connectivity index is 2.00. The lowest BCUT2D eigenvalue weighted by molar-refractivity contribution is -0.384. The summed E-state index contributed by atoms with van der Waals surface area (Å²) in [6, 6.07) is 12.8. The third kappa shape index (κ3) is 3.71. The van der Waals surface area contributed by atoms with Crippen LogP contribution >= 0.6 is 11.6 Å². The van der Waals surface area contributed by atoms with Crippen LogP contribution in [0.25, 0.3) is 0 Å². The highest BCUT2D eigenvalue weighted by molar-refractivity contribution is 6.30. The van der Waals surface area contributed by atoms with Crippen molar-refractivity contribution in [3.8, 4) is 0 Å². The fraction of sp³-hybridized carbons (Fsp3) is 0.200. The fourth-order valence-corrected chi connectivity index (χ4v) is 2.06. The highest BCUT2D eigenvalue weighted by Crippen LogP contribution is 2.25. The van der Waals surface area contributed by atoms with Gasteiger partial charge in [0.25, 0.3) is 5.69 Å². The average molecular weight is 291 g/mol. The Morgan fingerprint density at radius 3 is 2.55 bits per heavy atom. The molecule has 0 heterocycles. The zero-order chi connectivity index (χ0) is 14.5. The number of nitro benzene ring substituents is 1. The molecule has 0 atom stereocenters. The van der Waals surface area contributed by atoms with Gasteiger partial charge in [-0.1, -0.05) is 29.8 Å². The smallest absolute Gasteiger partial charge is 0.292 e. The predicted octanol–water partition coefficient (Wildman–Crippen LogP) is 4.21. The fourth-order valence-electron chi connectivity index (χ4n) is 1.93. The Labute approximate surface area is 122 Å². The molecule has 104 valence electrons. The van der Waals surface area contributed by atoms with E-state index in [1.807, 2.05) is 37.3 Å². The molecule has 0 aliphatic rings. The van der Waals surface area contributed by atoms with E-state index in [2.05, 4.69) is 5.32 Å². The molecule has 2 aromatic rings. The molecule has 0 fully saturated rings. The highest BCUT2D eigenvalue weighted by Gasteiger charge is 2.12. The first kappa shape index (κ1) is 14.3. The number of halogens is 1. The lowest BCUT2D eigenvalue weighted by Gasteiger charge is -2.08. The third-order valence-electron chi connectivity index (χ3n) is 2.99. The van der Waals surface area contributed by atoms with Crippen molar-refractivity contribution in [2.75, 3.05) is 11.9 Å². The van der Waals surface area contributed by atoms with Gasteiger partial charge in [-0.3, -0.25) is 10.1 Å². The molecule has 1 N–H and O–H groups in total. The van der Waals surface area contributed by atoms with Gasteiger partial charge >= 0.3 is 0 Å². The van der Waals surface area contributed by atoms with E-state index in [4.69, 9.17) is 11.6 Å². The Bertz CT molecular complexity index is 612. The van der Waals surface area contributed by atoms with Gasteiger partial charge in [0.05, 0.1) is 4.92 Å². The molecule has 0 amide bonds. The van der Waals surface area contributed by atoms with Crippen LogP contribution in [0, 0.1) is 17.0 Å². The number of anilines is 1. The summed E-state index contributed by atoms with van der Waals surface area (Å²) < 4.78 is 0. The van der Waals surface area contributed by atoms with Crippen molar-refractivity contribution in [2.24, 2.45) is 0 Å². The van der Waals surface area contributed by atoms with E-state index in [9.17, 15) is 10.1 Å². The van der Waals surface area contributed by atoms with Crippen molar-refractivity contribution in [2.45, 2.75) is 13.3 Å². The van der Waals surface area contributed by atoms with Crippen molar-refractivity contribution in [3.05, 3.63) is 68.7 Å². The van der Waals surface area contributed by atoms with E-state index < -0.39 is 0 Å². The molecule has 0 radical (unpaired) electrons. The number of nitrogens with one attached hydrogen (secondary N) is 1. The van der Waals surface area contributed by atoms with Crippen LogP contribution in [-0.2, 0) is 6.42 Å². The summed E-state index contributed by atoms with van der Waals surface area (Å²) in [5.74, 6) is 0. The topological polar surface area (TPSA) is 55.2 Å². The molecule has 5 heteroatoms. The Kier molecular flexibility index (Phi) is 4.58. The SMILES string of the molecule is Cc1ccc(NCCc2ccc(Cl)cc2)c([N+](=O)[O-])c1. The van der Waals surface area contributed by atoms with Gasteiger partial charge in [-0.2, -0.15) is 0 Å². The summed E-state index contributed by atoms with van der Waals surface area (Å²) in [6.45, 7) is 2.47. The molecule has 0 saturated carbocycles. The molecule has 0 unspecified atom stereocenters. The zero-order valence-corrected chi connectivity index (χ0v) is 11.9. The van der Waals surface area contributed by atoms with Crippen molar-refractivity contribution in [3.63, 3.8) is 0 Å². The van der Waals surface area contributed by atoms with Crippen LogP contribution in [0.2, 0.25) is 5.02 Å². The summed E-state index contributed by atoms with van der Waals surface area (Å²) in [7, 11) is 0. The zero-order valence-electron chi connectivity index (χ0n) is 11.1. The molecular weight excluding hydrogens is 276 g/mol. The first-order valence-corrected chi connectivity index (χ1v) is 6.67. The third-order valence-corrected chi connectivity index (χ3v) is 3.24. The van der Waals surface area contributed by atoms with Crippen LogP contribution in [0.3, 0.4) is 0 Å². The molecule has 0 aromatic heterocycles. The maximum Gasteiger partial charge on any atom is 0.292 e. The monoisotopic (exact) mass is 290 g/mol. The van der Waals surface area contributed by atoms with Crippen molar-refractivity contribution in [1.82, 2.24) is 0 Å². The molecule has 0 spiro atoms. The summed E-state index contributed by atoms with van der Waals surface area (Å²) in [6.07, 6.45) is 0.780. The molecule has 2 rings (SSSR count). The van der Waals surface area contributed by atoms with Gasteiger partial charge in [-0.05, 0) is 42.7 Å². The molecule has 20 heavy (non-hydrogen) atoms. The maximum absolute atomic E-state index is 11.0. The first-order valence-electron chi connectivity index (χ1n) is 6.29. The van der Waals surface area contributed by atoms with Gasteiger partial charge in [-0.25, -0.2) is 0 Å². The Hall–Kier alpha value is -2.07. The Morgan fingerprint density at radius 1 is 1.20 bits per heavy atom. The summed E-state index contributed by atoms with van der Waals surface area (Å²) >= 11 is 5.82. The van der Waals surface area contributed by atoms with Gasteiger partial charge in [0, 0.05) is 17.6 Å². The van der Waals surface area contributed by atoms with Crippen LogP contribution in [0.1, 0.15) is 11.1 Å². The second-order valence-electron chi connectivity index (χ2n) is 4.58. The summed E-state index contributed by atoms with van der Waals surface area (Å²) in [5, 5.41) is 14.8. The van der Waals surface area contributed by atoms with Crippen LogP contribution in [-0.4, -0.2) is 11.5 Å². The number of nitrogens with zero attached hydrogens (tertiary/aromatic N) is 1. The van der Waals surface area contributed by atoms with E-state index in [0.717, 1.165) is 17.5 Å². The standard InChI is InChI=1S/C15H15ClN2O2/c1-11-2-7-14(15(10-11)18(19)20)17-9-8-12-3-5-13(16)6-4-12/h2-7,10,17H,8-9H2,1H3. The largest absolute Gasteiger partial charge is 0.379 e. The number of benzene rings is 2. The lowest BCUT2D eigenvalue weighted by atomic mass is 10.1. The van der Waals surface area contributed by atoms with E-state index in [-0.39, 0.29) is 10.6 Å². The van der Waals surface area contributed by atoms with Gasteiger partial charge in [-0.15, -0.1) is 0 Å². The molecule has 0 bridgehead atoms. The van der Waals surface area contributed by atoms with Gasteiger partial charge in [0.15, 0.2) is 0 Å². The molecule has 2 aromatic carbocycles. The predicted molar refractivity (Wildman–Crippen MR) is 81.5 cm³/mol. The van der Waals surface area contributed by atoms with Crippen LogP contribution in [0.5, 0.6) is 0 Å².